The lowest BCUT2D eigenvalue weighted by atomic mass is 9.95. The van der Waals surface area contributed by atoms with Crippen molar-refractivity contribution in [2.75, 3.05) is 0 Å². The first-order valence-corrected chi connectivity index (χ1v) is 6.42. The summed E-state index contributed by atoms with van der Waals surface area (Å²) in [5.74, 6) is 1.32. The van der Waals surface area contributed by atoms with Crippen LogP contribution in [0.5, 0.6) is 17.2 Å². The fourth-order valence-electron chi connectivity index (χ4n) is 2.51. The van der Waals surface area contributed by atoms with E-state index in [9.17, 15) is 10.2 Å². The van der Waals surface area contributed by atoms with Crippen molar-refractivity contribution in [2.45, 2.75) is 25.9 Å². The van der Waals surface area contributed by atoms with Gasteiger partial charge in [-0.05, 0) is 49.1 Å². The highest BCUT2D eigenvalue weighted by molar-refractivity contribution is 5.50. The summed E-state index contributed by atoms with van der Waals surface area (Å²) in [6, 6.07) is 10.7. The Hall–Kier alpha value is -2.16. The number of hydrogen-bond acceptors (Lipinski definition) is 3. The molecule has 3 nitrogen and oxygen atoms in total. The number of phenols is 2. The maximum Gasteiger partial charge on any atom is 0.130 e. The number of aromatic hydroxyl groups is 2. The summed E-state index contributed by atoms with van der Waals surface area (Å²) in [6.45, 7) is 1.87. The van der Waals surface area contributed by atoms with Gasteiger partial charge in [-0.15, -0.1) is 0 Å². The monoisotopic (exact) mass is 256 g/mol. The molecule has 0 saturated carbocycles. The van der Waals surface area contributed by atoms with Gasteiger partial charge in [-0.3, -0.25) is 0 Å². The van der Waals surface area contributed by atoms with Gasteiger partial charge in [0.25, 0.3) is 0 Å². The number of rotatable bonds is 1. The molecule has 1 aliphatic rings. The standard InChI is InChI=1S/C16H16O3/c1-10-14(18)8-4-12-5-9-15(19-16(10)12)11-2-6-13(17)7-3-11/h2-4,6-8,15,17-18H,5,9H2,1H3/t15-/m1/s1. The summed E-state index contributed by atoms with van der Waals surface area (Å²) < 4.78 is 6.03. The van der Waals surface area contributed by atoms with E-state index in [-0.39, 0.29) is 17.6 Å². The van der Waals surface area contributed by atoms with E-state index >= 15 is 0 Å². The highest BCUT2D eigenvalue weighted by Crippen LogP contribution is 2.40. The van der Waals surface area contributed by atoms with Gasteiger partial charge in [0.15, 0.2) is 0 Å². The Morgan fingerprint density at radius 3 is 2.53 bits per heavy atom. The molecule has 0 aliphatic carbocycles. The van der Waals surface area contributed by atoms with Crippen LogP contribution >= 0.6 is 0 Å². The van der Waals surface area contributed by atoms with Gasteiger partial charge in [0.1, 0.15) is 23.4 Å². The fraction of sp³-hybridized carbons (Fsp3) is 0.250. The Balaban J connectivity index is 1.93. The summed E-state index contributed by atoms with van der Waals surface area (Å²) in [5.41, 5.74) is 2.98. The summed E-state index contributed by atoms with van der Waals surface area (Å²) in [4.78, 5) is 0. The number of aryl methyl sites for hydroxylation is 1. The minimum absolute atomic E-state index is 0.0198. The van der Waals surface area contributed by atoms with Crippen LogP contribution in [0.4, 0.5) is 0 Å². The van der Waals surface area contributed by atoms with Crippen LogP contribution in [0.25, 0.3) is 0 Å². The number of benzene rings is 2. The predicted octanol–water partition coefficient (Wildman–Crippen LogP) is 3.47. The van der Waals surface area contributed by atoms with Crippen molar-refractivity contribution in [2.24, 2.45) is 0 Å². The van der Waals surface area contributed by atoms with Crippen molar-refractivity contribution < 1.29 is 14.9 Å². The third kappa shape index (κ3) is 2.12. The second kappa shape index (κ2) is 4.50. The minimum Gasteiger partial charge on any atom is -0.508 e. The topological polar surface area (TPSA) is 49.7 Å². The van der Waals surface area contributed by atoms with Gasteiger partial charge in [0.05, 0.1) is 0 Å². The van der Waals surface area contributed by atoms with Crippen molar-refractivity contribution in [3.05, 3.63) is 53.1 Å². The predicted molar refractivity (Wildman–Crippen MR) is 72.6 cm³/mol. The molecular formula is C16H16O3. The normalized spacial score (nSPS) is 17.6. The largest absolute Gasteiger partial charge is 0.508 e. The summed E-state index contributed by atoms with van der Waals surface area (Å²) >= 11 is 0. The summed E-state index contributed by atoms with van der Waals surface area (Å²) in [5, 5.41) is 19.1. The molecule has 0 amide bonds. The van der Waals surface area contributed by atoms with Crippen LogP contribution in [0.2, 0.25) is 0 Å². The Bertz CT molecular complexity index is 602. The lowest BCUT2D eigenvalue weighted by Gasteiger charge is -2.28. The second-order valence-electron chi connectivity index (χ2n) is 4.93. The summed E-state index contributed by atoms with van der Waals surface area (Å²) in [6.07, 6.45) is 1.82. The minimum atomic E-state index is -0.0198. The Labute approximate surface area is 112 Å². The third-order valence-corrected chi connectivity index (χ3v) is 3.66. The molecule has 3 rings (SSSR count). The maximum absolute atomic E-state index is 9.76. The highest BCUT2D eigenvalue weighted by Gasteiger charge is 2.23. The third-order valence-electron chi connectivity index (χ3n) is 3.66. The van der Waals surface area contributed by atoms with Crippen molar-refractivity contribution in [1.29, 1.82) is 0 Å². The van der Waals surface area contributed by atoms with E-state index in [0.717, 1.165) is 35.3 Å². The first-order chi connectivity index (χ1) is 9.15. The van der Waals surface area contributed by atoms with Crippen molar-refractivity contribution >= 4 is 0 Å². The second-order valence-corrected chi connectivity index (χ2v) is 4.93. The molecule has 1 heterocycles. The van der Waals surface area contributed by atoms with E-state index in [1.165, 1.54) is 0 Å². The molecule has 1 atom stereocenters. The lowest BCUT2D eigenvalue weighted by Crippen LogP contribution is -2.15. The van der Waals surface area contributed by atoms with Crippen LogP contribution in [0.1, 0.15) is 29.2 Å². The zero-order valence-electron chi connectivity index (χ0n) is 10.8. The first kappa shape index (κ1) is 11.9. The molecule has 19 heavy (non-hydrogen) atoms. The van der Waals surface area contributed by atoms with Gasteiger partial charge in [-0.25, -0.2) is 0 Å². The molecule has 0 fully saturated rings. The van der Waals surface area contributed by atoms with E-state index in [4.69, 9.17) is 4.74 Å². The van der Waals surface area contributed by atoms with Crippen LogP contribution in [0.3, 0.4) is 0 Å². The average molecular weight is 256 g/mol. The molecule has 2 N–H and O–H groups in total. The highest BCUT2D eigenvalue weighted by atomic mass is 16.5. The van der Waals surface area contributed by atoms with Gasteiger partial charge in [0.2, 0.25) is 0 Å². The van der Waals surface area contributed by atoms with Crippen LogP contribution in [-0.4, -0.2) is 10.2 Å². The van der Waals surface area contributed by atoms with Crippen molar-refractivity contribution in [3.8, 4) is 17.2 Å². The molecule has 98 valence electrons. The molecule has 1 aliphatic heterocycles. The average Bonchev–Trinajstić information content (AvgIpc) is 2.44. The van der Waals surface area contributed by atoms with Crippen molar-refractivity contribution in [1.82, 2.24) is 0 Å². The van der Waals surface area contributed by atoms with Gasteiger partial charge < -0.3 is 14.9 Å². The molecule has 0 radical (unpaired) electrons. The van der Waals surface area contributed by atoms with E-state index in [2.05, 4.69) is 0 Å². The molecule has 3 heteroatoms. The smallest absolute Gasteiger partial charge is 0.130 e. The number of ether oxygens (including phenoxy) is 1. The van der Waals surface area contributed by atoms with Gasteiger partial charge in [-0.2, -0.15) is 0 Å². The molecule has 0 aromatic heterocycles. The fourth-order valence-corrected chi connectivity index (χ4v) is 2.51. The first-order valence-electron chi connectivity index (χ1n) is 6.42. The van der Waals surface area contributed by atoms with Gasteiger partial charge in [0, 0.05) is 5.56 Å². The molecular weight excluding hydrogens is 240 g/mol. The Morgan fingerprint density at radius 1 is 1.05 bits per heavy atom. The summed E-state index contributed by atoms with van der Waals surface area (Å²) in [7, 11) is 0. The van der Waals surface area contributed by atoms with E-state index < -0.39 is 0 Å². The maximum atomic E-state index is 9.76. The zero-order valence-corrected chi connectivity index (χ0v) is 10.8. The lowest BCUT2D eigenvalue weighted by molar-refractivity contribution is 0.174. The van der Waals surface area contributed by atoms with Crippen molar-refractivity contribution in [3.63, 3.8) is 0 Å². The zero-order chi connectivity index (χ0) is 13.4. The van der Waals surface area contributed by atoms with E-state index in [1.54, 1.807) is 18.2 Å². The van der Waals surface area contributed by atoms with E-state index in [0.29, 0.717) is 0 Å². The number of hydrogen-bond donors (Lipinski definition) is 2. The van der Waals surface area contributed by atoms with Crippen LogP contribution in [0.15, 0.2) is 36.4 Å². The molecule has 0 unspecified atom stereocenters. The molecule has 0 spiro atoms. The van der Waals surface area contributed by atoms with Crippen LogP contribution in [-0.2, 0) is 6.42 Å². The van der Waals surface area contributed by atoms with Gasteiger partial charge >= 0.3 is 0 Å². The van der Waals surface area contributed by atoms with Crippen LogP contribution < -0.4 is 4.74 Å². The van der Waals surface area contributed by atoms with Gasteiger partial charge in [-0.1, -0.05) is 18.2 Å². The van der Waals surface area contributed by atoms with E-state index in [1.807, 2.05) is 25.1 Å². The SMILES string of the molecule is Cc1c(O)ccc2c1O[C@@H](c1ccc(O)cc1)CC2. The molecule has 2 aromatic rings. The van der Waals surface area contributed by atoms with Crippen LogP contribution in [0, 0.1) is 6.92 Å². The number of fused-ring (bicyclic) bond motifs is 1. The Kier molecular flexibility index (Phi) is 2.82. The number of phenolic OH excluding ortho intramolecular Hbond substituents is 2. The molecule has 0 saturated heterocycles. The molecule has 0 bridgehead atoms. The molecule has 2 aromatic carbocycles. The Morgan fingerprint density at radius 2 is 1.79 bits per heavy atom. The quantitative estimate of drug-likeness (QED) is 0.821.